The maximum atomic E-state index is 13.6. The minimum Gasteiger partial charge on any atom is -0.452 e. The first-order chi connectivity index (χ1) is 13.8. The molecule has 2 aromatic rings. The first kappa shape index (κ1) is 20.5. The fourth-order valence-corrected chi connectivity index (χ4v) is 3.87. The van der Waals surface area contributed by atoms with Crippen LogP contribution >= 0.6 is 0 Å². The van der Waals surface area contributed by atoms with Crippen molar-refractivity contribution in [1.82, 2.24) is 4.72 Å². The third kappa shape index (κ3) is 4.77. The minimum atomic E-state index is -3.65. The first-order valence-electron chi connectivity index (χ1n) is 8.69. The van der Waals surface area contributed by atoms with Crippen molar-refractivity contribution >= 4 is 33.4 Å². The van der Waals surface area contributed by atoms with Crippen LogP contribution in [-0.2, 0) is 24.3 Å². The molecular formula is C19H18FN3O5S. The van der Waals surface area contributed by atoms with Crippen molar-refractivity contribution in [3.63, 3.8) is 0 Å². The summed E-state index contributed by atoms with van der Waals surface area (Å²) in [6.45, 7) is 1.33. The zero-order valence-corrected chi connectivity index (χ0v) is 16.2. The average molecular weight is 419 g/mol. The molecule has 8 nitrogen and oxygen atoms in total. The number of ether oxygens (including phenoxy) is 1. The fraction of sp³-hybridized carbons (Fsp3) is 0.211. The van der Waals surface area contributed by atoms with Crippen molar-refractivity contribution in [2.75, 3.05) is 11.9 Å². The second-order valence-corrected chi connectivity index (χ2v) is 7.83. The van der Waals surface area contributed by atoms with Gasteiger partial charge in [0, 0.05) is 5.56 Å². The van der Waals surface area contributed by atoms with Crippen molar-refractivity contribution in [1.29, 1.82) is 0 Å². The molecule has 1 aliphatic rings. The van der Waals surface area contributed by atoms with Gasteiger partial charge in [-0.1, -0.05) is 24.3 Å². The van der Waals surface area contributed by atoms with E-state index in [1.807, 2.05) is 0 Å². The molecule has 0 radical (unpaired) electrons. The Balaban J connectivity index is 1.53. The number of hydrogen-bond donors (Lipinski definition) is 2. The van der Waals surface area contributed by atoms with Crippen LogP contribution in [0.15, 0.2) is 58.4 Å². The lowest BCUT2D eigenvalue weighted by Gasteiger charge is -2.13. The van der Waals surface area contributed by atoms with Crippen LogP contribution in [0.3, 0.4) is 0 Å². The van der Waals surface area contributed by atoms with E-state index < -0.39 is 33.8 Å². The highest BCUT2D eigenvalue weighted by molar-refractivity contribution is 7.90. The lowest BCUT2D eigenvalue weighted by molar-refractivity contribution is -0.152. The third-order valence-corrected chi connectivity index (χ3v) is 5.45. The number of carbonyl (C=O) groups is 2. The summed E-state index contributed by atoms with van der Waals surface area (Å²) in [5.74, 6) is -1.82. The lowest BCUT2D eigenvalue weighted by Crippen LogP contribution is -2.30. The number of hydrogen-bond acceptors (Lipinski definition) is 6. The van der Waals surface area contributed by atoms with Crippen molar-refractivity contribution in [2.45, 2.75) is 24.3 Å². The van der Waals surface area contributed by atoms with E-state index in [2.05, 4.69) is 15.0 Å². The summed E-state index contributed by atoms with van der Waals surface area (Å²) in [6, 6.07) is 12.0. The van der Waals surface area contributed by atoms with Crippen molar-refractivity contribution in [2.24, 2.45) is 4.99 Å². The largest absolute Gasteiger partial charge is 0.452 e. The Morgan fingerprint density at radius 3 is 2.62 bits per heavy atom. The molecule has 0 fully saturated rings. The predicted octanol–water partition coefficient (Wildman–Crippen LogP) is 1.82. The molecule has 0 saturated heterocycles. The Labute approximate surface area is 166 Å². The predicted molar refractivity (Wildman–Crippen MR) is 103 cm³/mol. The highest BCUT2D eigenvalue weighted by atomic mass is 32.2. The maximum absolute atomic E-state index is 13.6. The molecule has 0 spiro atoms. The van der Waals surface area contributed by atoms with E-state index in [1.54, 1.807) is 24.3 Å². The molecule has 3 rings (SSSR count). The topological polar surface area (TPSA) is 114 Å². The number of nitrogens with one attached hydrogen (secondary N) is 2. The van der Waals surface area contributed by atoms with Crippen LogP contribution in [0, 0.1) is 5.82 Å². The number of fused-ring (bicyclic) bond motifs is 1. The smallest absolute Gasteiger partial charge is 0.308 e. The summed E-state index contributed by atoms with van der Waals surface area (Å²) in [4.78, 5) is 28.2. The number of benzene rings is 2. The summed E-state index contributed by atoms with van der Waals surface area (Å²) in [7, 11) is -3.65. The second-order valence-electron chi connectivity index (χ2n) is 6.18. The molecule has 0 aromatic heterocycles. The molecule has 152 valence electrons. The van der Waals surface area contributed by atoms with E-state index in [-0.39, 0.29) is 29.4 Å². The number of para-hydroxylation sites is 1. The Hall–Kier alpha value is -3.27. The normalized spacial score (nSPS) is 16.6. The van der Waals surface area contributed by atoms with Gasteiger partial charge in [0.2, 0.25) is 0 Å². The van der Waals surface area contributed by atoms with Gasteiger partial charge in [-0.25, -0.2) is 12.8 Å². The van der Waals surface area contributed by atoms with Crippen LogP contribution in [0.25, 0.3) is 0 Å². The van der Waals surface area contributed by atoms with Crippen molar-refractivity contribution in [3.8, 4) is 0 Å². The first-order valence-corrected chi connectivity index (χ1v) is 10.2. The van der Waals surface area contributed by atoms with Crippen molar-refractivity contribution < 1.29 is 27.1 Å². The van der Waals surface area contributed by atoms with Crippen LogP contribution in [0.4, 0.5) is 10.1 Å². The van der Waals surface area contributed by atoms with Gasteiger partial charge in [0.15, 0.2) is 6.10 Å². The van der Waals surface area contributed by atoms with Gasteiger partial charge in [-0.3, -0.25) is 19.3 Å². The summed E-state index contributed by atoms with van der Waals surface area (Å²) < 4.78 is 44.9. The molecular weight excluding hydrogens is 401 g/mol. The summed E-state index contributed by atoms with van der Waals surface area (Å²) in [5.41, 5.74) is 0.414. The maximum Gasteiger partial charge on any atom is 0.308 e. The number of amides is 1. The molecule has 0 aliphatic carbocycles. The van der Waals surface area contributed by atoms with Gasteiger partial charge in [0.1, 0.15) is 11.7 Å². The van der Waals surface area contributed by atoms with Crippen LogP contribution in [0.1, 0.15) is 18.9 Å². The van der Waals surface area contributed by atoms with Crippen LogP contribution in [0.2, 0.25) is 0 Å². The van der Waals surface area contributed by atoms with E-state index in [0.717, 1.165) is 0 Å². The minimum absolute atomic E-state index is 0.0148. The second kappa shape index (κ2) is 8.39. The van der Waals surface area contributed by atoms with E-state index in [1.165, 1.54) is 31.2 Å². The highest BCUT2D eigenvalue weighted by Gasteiger charge is 2.30. The van der Waals surface area contributed by atoms with Gasteiger partial charge in [-0.15, -0.1) is 0 Å². The van der Waals surface area contributed by atoms with Crippen LogP contribution in [0.5, 0.6) is 0 Å². The number of nitrogens with zero attached hydrogens (tertiary/aromatic N) is 1. The average Bonchev–Trinajstić information content (AvgIpc) is 2.94. The number of amidine groups is 1. The standard InChI is InChI=1S/C19H18FN3O5S/c1-12(19(25)22-15-8-4-3-7-14(15)20)28-17(24)10-11-21-18-13-6-2-5-9-16(13)29(26,27)23-18/h2-9,12H,10-11H2,1H3,(H,21,23)(H,22,25)/t12-/m0/s1. The molecule has 1 amide bonds. The van der Waals surface area contributed by atoms with Crippen LogP contribution in [-0.4, -0.2) is 38.8 Å². The molecule has 2 aromatic carbocycles. The van der Waals surface area contributed by atoms with E-state index in [4.69, 9.17) is 4.74 Å². The zero-order chi connectivity index (χ0) is 21.0. The molecule has 0 saturated carbocycles. The van der Waals surface area contributed by atoms with Gasteiger partial charge in [0.25, 0.3) is 15.9 Å². The Morgan fingerprint density at radius 2 is 1.86 bits per heavy atom. The van der Waals surface area contributed by atoms with Crippen LogP contribution < -0.4 is 10.0 Å². The Kier molecular flexibility index (Phi) is 5.92. The van der Waals surface area contributed by atoms with E-state index >= 15 is 0 Å². The number of rotatable bonds is 6. The molecule has 0 bridgehead atoms. The fourth-order valence-electron chi connectivity index (χ4n) is 2.62. The number of sulfonamides is 1. The molecule has 1 heterocycles. The molecule has 10 heteroatoms. The number of anilines is 1. The number of carbonyl (C=O) groups excluding carboxylic acids is 2. The Morgan fingerprint density at radius 1 is 1.17 bits per heavy atom. The van der Waals surface area contributed by atoms with E-state index in [0.29, 0.717) is 5.56 Å². The molecule has 1 aliphatic heterocycles. The molecule has 2 N–H and O–H groups in total. The third-order valence-electron chi connectivity index (χ3n) is 4.06. The number of halogens is 1. The summed E-state index contributed by atoms with van der Waals surface area (Å²) >= 11 is 0. The molecule has 1 atom stereocenters. The summed E-state index contributed by atoms with van der Waals surface area (Å²) in [6.07, 6.45) is -1.30. The molecule has 0 unspecified atom stereocenters. The van der Waals surface area contributed by atoms with Gasteiger partial charge < -0.3 is 10.1 Å². The van der Waals surface area contributed by atoms with E-state index in [9.17, 15) is 22.4 Å². The number of aliphatic imine (C=N–C) groups is 1. The zero-order valence-electron chi connectivity index (χ0n) is 15.4. The Bertz CT molecular complexity index is 1080. The molecule has 29 heavy (non-hydrogen) atoms. The summed E-state index contributed by atoms with van der Waals surface area (Å²) in [5, 5.41) is 2.34. The van der Waals surface area contributed by atoms with Gasteiger partial charge in [-0.2, -0.15) is 0 Å². The highest BCUT2D eigenvalue weighted by Crippen LogP contribution is 2.22. The van der Waals surface area contributed by atoms with Gasteiger partial charge in [-0.05, 0) is 31.2 Å². The monoisotopic (exact) mass is 419 g/mol. The lowest BCUT2D eigenvalue weighted by atomic mass is 10.2. The SMILES string of the molecule is C[C@H](OC(=O)CCN=C1NS(=O)(=O)c2ccccc21)C(=O)Nc1ccccc1F. The quantitative estimate of drug-likeness (QED) is 0.694. The van der Waals surface area contributed by atoms with Crippen molar-refractivity contribution in [3.05, 3.63) is 59.9 Å². The number of esters is 1. The van der Waals surface area contributed by atoms with Gasteiger partial charge in [0.05, 0.1) is 23.5 Å². The van der Waals surface area contributed by atoms with Gasteiger partial charge >= 0.3 is 5.97 Å².